The summed E-state index contributed by atoms with van der Waals surface area (Å²) in [4.78, 5) is 47.9. The Morgan fingerprint density at radius 1 is 0.609 bits per heavy atom. The van der Waals surface area contributed by atoms with Gasteiger partial charge < -0.3 is 24.1 Å². The molecule has 1 N–H and O–H groups in total. The maximum atomic E-state index is 12.8. The smallest absolute Gasteiger partial charge is 0.315 e. The molecule has 46 heavy (non-hydrogen) atoms. The first-order chi connectivity index (χ1) is 22.1. The number of aliphatic carboxylic acids is 1. The molecule has 4 aromatic carbocycles. The van der Waals surface area contributed by atoms with Gasteiger partial charge in [0.1, 0.15) is 17.8 Å². The van der Waals surface area contributed by atoms with Crippen LogP contribution in [-0.2, 0) is 23.9 Å². The Bertz CT molecular complexity index is 1620. The minimum Gasteiger partial charge on any atom is -0.497 e. The van der Waals surface area contributed by atoms with Crippen LogP contribution in [0.15, 0.2) is 97.1 Å². The number of hydrogen-bond donors (Lipinski definition) is 1. The minimum atomic E-state index is -1.20. The van der Waals surface area contributed by atoms with Gasteiger partial charge in [0.05, 0.1) is 32.0 Å². The summed E-state index contributed by atoms with van der Waals surface area (Å²) in [5.74, 6) is -5.28. The van der Waals surface area contributed by atoms with Crippen molar-refractivity contribution in [3.8, 4) is 33.8 Å². The monoisotopic (exact) mass is 622 g/mol. The fraction of sp³-hybridized carbons (Fsp3) is 0.263. The quantitative estimate of drug-likeness (QED) is 0.127. The van der Waals surface area contributed by atoms with E-state index in [0.29, 0.717) is 6.29 Å². The first-order valence-corrected chi connectivity index (χ1v) is 15.0. The van der Waals surface area contributed by atoms with Crippen molar-refractivity contribution in [3.63, 3.8) is 0 Å². The zero-order chi connectivity index (χ0) is 33.2. The number of rotatable bonds is 8. The molecule has 1 saturated carbocycles. The third-order valence-electron chi connectivity index (χ3n) is 8.27. The average molecular weight is 623 g/mol. The number of carboxylic acid groups (broad SMARTS) is 1. The van der Waals surface area contributed by atoms with Crippen LogP contribution in [0.5, 0.6) is 11.5 Å². The molecule has 0 saturated heterocycles. The number of ether oxygens (including phenoxy) is 3. The van der Waals surface area contributed by atoms with Gasteiger partial charge in [0.25, 0.3) is 0 Å². The van der Waals surface area contributed by atoms with Gasteiger partial charge in [-0.15, -0.1) is 0 Å². The van der Waals surface area contributed by atoms with E-state index in [1.165, 1.54) is 23.8 Å². The fourth-order valence-electron chi connectivity index (χ4n) is 5.52. The van der Waals surface area contributed by atoms with Crippen molar-refractivity contribution in [2.24, 2.45) is 23.7 Å². The highest BCUT2D eigenvalue weighted by Gasteiger charge is 2.47. The third-order valence-corrected chi connectivity index (χ3v) is 8.27. The van der Waals surface area contributed by atoms with E-state index in [0.717, 1.165) is 22.4 Å². The Morgan fingerprint density at radius 2 is 1.04 bits per heavy atom. The third kappa shape index (κ3) is 8.47. The summed E-state index contributed by atoms with van der Waals surface area (Å²) in [5.41, 5.74) is 6.85. The molecular weight excluding hydrogens is 584 g/mol. The summed E-state index contributed by atoms with van der Waals surface area (Å²) in [6, 6.07) is 31.5. The van der Waals surface area contributed by atoms with Crippen LogP contribution < -0.4 is 9.47 Å². The van der Waals surface area contributed by atoms with Gasteiger partial charge in [0.15, 0.2) is 0 Å². The molecule has 4 aromatic rings. The van der Waals surface area contributed by atoms with Crippen molar-refractivity contribution in [1.29, 1.82) is 0 Å². The summed E-state index contributed by atoms with van der Waals surface area (Å²) in [7, 11) is 2.87. The zero-order valence-electron chi connectivity index (χ0n) is 26.3. The van der Waals surface area contributed by atoms with E-state index in [4.69, 9.17) is 14.2 Å². The number of aryl methyl sites for hydroxylation is 2. The zero-order valence-corrected chi connectivity index (χ0v) is 26.3. The van der Waals surface area contributed by atoms with E-state index < -0.39 is 41.6 Å². The lowest BCUT2D eigenvalue weighted by Crippen LogP contribution is -2.44. The van der Waals surface area contributed by atoms with E-state index in [1.54, 1.807) is 19.2 Å². The van der Waals surface area contributed by atoms with Crippen LogP contribution in [-0.4, -0.2) is 43.5 Å². The second-order valence-electron chi connectivity index (χ2n) is 11.4. The second kappa shape index (κ2) is 15.7. The van der Waals surface area contributed by atoms with Gasteiger partial charge in [-0.1, -0.05) is 83.9 Å². The van der Waals surface area contributed by atoms with E-state index in [9.17, 15) is 24.3 Å². The largest absolute Gasteiger partial charge is 0.497 e. The number of esters is 2. The molecule has 4 atom stereocenters. The van der Waals surface area contributed by atoms with Crippen LogP contribution >= 0.6 is 0 Å². The normalized spacial score (nSPS) is 18.7. The molecule has 8 nitrogen and oxygen atoms in total. The van der Waals surface area contributed by atoms with Crippen molar-refractivity contribution in [1.82, 2.24) is 0 Å². The molecule has 0 heterocycles. The number of methoxy groups -OCH3 is 2. The maximum Gasteiger partial charge on any atom is 0.315 e. The van der Waals surface area contributed by atoms with Crippen LogP contribution in [0.3, 0.4) is 0 Å². The van der Waals surface area contributed by atoms with Crippen LogP contribution in [0.1, 0.15) is 24.0 Å². The minimum absolute atomic E-state index is 0.118. The molecule has 238 valence electrons. The molecular formula is C38H38O8. The first kappa shape index (κ1) is 33.6. The van der Waals surface area contributed by atoms with Crippen molar-refractivity contribution in [3.05, 3.63) is 108 Å². The number of carbonyl (C=O) groups excluding carboxylic acids is 3. The van der Waals surface area contributed by atoms with Gasteiger partial charge in [-0.2, -0.15) is 0 Å². The van der Waals surface area contributed by atoms with Crippen molar-refractivity contribution >= 4 is 24.2 Å². The van der Waals surface area contributed by atoms with Gasteiger partial charge in [-0.3, -0.25) is 14.4 Å². The Balaban J connectivity index is 0.000000266. The number of hydrogen-bond acceptors (Lipinski definition) is 7. The SMILES string of the molecule is COC(=O)C1CC(C(=O)Oc2ccc(-c3ccc(C)cc3)cc2)C(C(=O)O)CC1C=O.COc1ccc(-c2ccc(C)cc2)cc1. The fourth-order valence-corrected chi connectivity index (χ4v) is 5.52. The molecule has 1 aliphatic carbocycles. The second-order valence-corrected chi connectivity index (χ2v) is 11.4. The predicted molar refractivity (Wildman–Crippen MR) is 174 cm³/mol. The predicted octanol–water partition coefficient (Wildman–Crippen LogP) is 6.95. The van der Waals surface area contributed by atoms with Gasteiger partial charge >= 0.3 is 17.9 Å². The molecule has 5 rings (SSSR count). The van der Waals surface area contributed by atoms with Gasteiger partial charge in [-0.05, 0) is 73.2 Å². The summed E-state index contributed by atoms with van der Waals surface area (Å²) in [6.07, 6.45) is 0.320. The summed E-state index contributed by atoms with van der Waals surface area (Å²) in [6.45, 7) is 4.10. The van der Waals surface area contributed by atoms with E-state index in [2.05, 4.69) is 43.3 Å². The first-order valence-electron chi connectivity index (χ1n) is 15.0. The van der Waals surface area contributed by atoms with Crippen molar-refractivity contribution in [2.75, 3.05) is 14.2 Å². The van der Waals surface area contributed by atoms with Crippen LogP contribution in [0.25, 0.3) is 22.3 Å². The van der Waals surface area contributed by atoms with Crippen LogP contribution in [0.4, 0.5) is 0 Å². The highest BCUT2D eigenvalue weighted by molar-refractivity contribution is 5.86. The molecule has 8 heteroatoms. The molecule has 0 aromatic heterocycles. The Labute approximate surface area is 268 Å². The Kier molecular flexibility index (Phi) is 11.5. The molecule has 0 bridgehead atoms. The summed E-state index contributed by atoms with van der Waals surface area (Å²) >= 11 is 0. The molecule has 1 aliphatic rings. The molecule has 0 spiro atoms. The summed E-state index contributed by atoms with van der Waals surface area (Å²) in [5, 5.41) is 9.56. The number of benzene rings is 4. The van der Waals surface area contributed by atoms with Crippen molar-refractivity contribution < 1.29 is 38.5 Å². The van der Waals surface area contributed by atoms with E-state index in [1.807, 2.05) is 55.5 Å². The number of carboxylic acids is 1. The number of carbonyl (C=O) groups is 4. The maximum absolute atomic E-state index is 12.8. The molecule has 1 fully saturated rings. The standard InChI is InChI=1S/C24H24O7.C14H14O/c1-14-3-5-15(6-4-14)16-7-9-18(10-8-16)31-24(29)21-12-19(23(28)30-2)17(13-25)11-20(21)22(26)27;1-11-3-5-12(6-4-11)13-7-9-14(15-2)10-8-13/h3-10,13,17,19-21H,11-12H2,1-2H3,(H,26,27);3-10H,1-2H3. The topological polar surface area (TPSA) is 116 Å². The molecule has 4 unspecified atom stereocenters. The lowest BCUT2D eigenvalue weighted by molar-refractivity contribution is -0.162. The lowest BCUT2D eigenvalue weighted by Gasteiger charge is -2.34. The molecule has 0 amide bonds. The summed E-state index contributed by atoms with van der Waals surface area (Å²) < 4.78 is 15.3. The van der Waals surface area contributed by atoms with Crippen LogP contribution in [0, 0.1) is 37.5 Å². The average Bonchev–Trinajstić information content (AvgIpc) is 3.08. The van der Waals surface area contributed by atoms with Crippen molar-refractivity contribution in [2.45, 2.75) is 26.7 Å². The Hall–Kier alpha value is -5.24. The lowest BCUT2D eigenvalue weighted by atomic mass is 9.68. The van der Waals surface area contributed by atoms with Gasteiger partial charge in [0.2, 0.25) is 0 Å². The highest BCUT2D eigenvalue weighted by atomic mass is 16.5. The Morgan fingerprint density at radius 3 is 1.43 bits per heavy atom. The van der Waals surface area contributed by atoms with Gasteiger partial charge in [-0.25, -0.2) is 0 Å². The van der Waals surface area contributed by atoms with Crippen LogP contribution in [0.2, 0.25) is 0 Å². The highest BCUT2D eigenvalue weighted by Crippen LogP contribution is 2.39. The van der Waals surface area contributed by atoms with E-state index in [-0.39, 0.29) is 18.6 Å². The molecule has 0 aliphatic heterocycles. The van der Waals surface area contributed by atoms with E-state index >= 15 is 0 Å². The van der Waals surface area contributed by atoms with Gasteiger partial charge in [0, 0.05) is 5.92 Å². The molecule has 0 radical (unpaired) electrons. The number of aldehydes is 1.